The van der Waals surface area contributed by atoms with Crippen molar-refractivity contribution in [3.05, 3.63) is 126 Å². The number of benzene rings is 4. The predicted molar refractivity (Wildman–Crippen MR) is 173 cm³/mol. The molecule has 0 saturated carbocycles. The standard InChI is InChI=1S/C35H39N3O5S/c1-4-27(2)36-35(40)32(24-28-16-8-5-9-17-28)37(25-29-18-10-6-11-19-29)34(39)26-38(31-22-14-15-23-33(31)43-3)44(41,42)30-20-12-7-13-21-30/h5-23,27,32H,4,24-26H2,1-3H3,(H,36,40). The van der Waals surface area contributed by atoms with Crippen LogP contribution < -0.4 is 14.4 Å². The number of carbonyl (C=O) groups is 2. The minimum atomic E-state index is -4.21. The molecule has 230 valence electrons. The number of carbonyl (C=O) groups excluding carboxylic acids is 2. The van der Waals surface area contributed by atoms with Crippen LogP contribution in [0.1, 0.15) is 31.4 Å². The number of ether oxygens (including phenoxy) is 1. The minimum Gasteiger partial charge on any atom is -0.495 e. The Morgan fingerprint density at radius 3 is 1.93 bits per heavy atom. The Bertz CT molecular complexity index is 1620. The lowest BCUT2D eigenvalue weighted by Gasteiger charge is -2.34. The van der Waals surface area contributed by atoms with Crippen molar-refractivity contribution < 1.29 is 22.7 Å². The monoisotopic (exact) mass is 613 g/mol. The van der Waals surface area contributed by atoms with Crippen molar-refractivity contribution in [2.24, 2.45) is 0 Å². The second-order valence-corrected chi connectivity index (χ2v) is 12.4. The second kappa shape index (κ2) is 15.2. The van der Waals surface area contributed by atoms with Gasteiger partial charge in [0.15, 0.2) is 0 Å². The first-order valence-electron chi connectivity index (χ1n) is 14.6. The Hall–Kier alpha value is -4.63. The average Bonchev–Trinajstić information content (AvgIpc) is 3.06. The minimum absolute atomic E-state index is 0.0312. The fourth-order valence-corrected chi connectivity index (χ4v) is 6.29. The average molecular weight is 614 g/mol. The van der Waals surface area contributed by atoms with Crippen LogP contribution in [0.25, 0.3) is 0 Å². The first kappa shape index (κ1) is 32.3. The van der Waals surface area contributed by atoms with E-state index in [-0.39, 0.29) is 35.5 Å². The number of anilines is 1. The van der Waals surface area contributed by atoms with Crippen molar-refractivity contribution in [3.8, 4) is 5.75 Å². The summed E-state index contributed by atoms with van der Waals surface area (Å²) in [4.78, 5) is 29.9. The van der Waals surface area contributed by atoms with Crippen molar-refractivity contribution in [1.82, 2.24) is 10.2 Å². The SMILES string of the molecule is CCC(C)NC(=O)C(Cc1ccccc1)N(Cc1ccccc1)C(=O)CN(c1ccccc1OC)S(=O)(=O)c1ccccc1. The van der Waals surface area contributed by atoms with Crippen LogP contribution in [0.3, 0.4) is 0 Å². The third kappa shape index (κ3) is 8.05. The molecular weight excluding hydrogens is 574 g/mol. The Morgan fingerprint density at radius 1 is 0.795 bits per heavy atom. The summed E-state index contributed by atoms with van der Waals surface area (Å²) in [5.41, 5.74) is 1.90. The Labute approximate surface area is 260 Å². The highest BCUT2D eigenvalue weighted by atomic mass is 32.2. The normalized spacial score (nSPS) is 12.5. The highest BCUT2D eigenvalue weighted by Crippen LogP contribution is 2.32. The zero-order valence-corrected chi connectivity index (χ0v) is 26.1. The van der Waals surface area contributed by atoms with E-state index in [4.69, 9.17) is 4.74 Å². The van der Waals surface area contributed by atoms with E-state index in [9.17, 15) is 18.0 Å². The van der Waals surface area contributed by atoms with Gasteiger partial charge in [-0.05, 0) is 48.7 Å². The lowest BCUT2D eigenvalue weighted by Crippen LogP contribution is -2.54. The molecule has 0 bridgehead atoms. The van der Waals surface area contributed by atoms with Crippen molar-refractivity contribution in [1.29, 1.82) is 0 Å². The van der Waals surface area contributed by atoms with E-state index >= 15 is 0 Å². The number of hydrogen-bond acceptors (Lipinski definition) is 5. The summed E-state index contributed by atoms with van der Waals surface area (Å²) in [7, 11) is -2.76. The zero-order chi connectivity index (χ0) is 31.5. The first-order valence-corrected chi connectivity index (χ1v) is 16.1. The van der Waals surface area contributed by atoms with Crippen LogP contribution in [-0.2, 0) is 32.6 Å². The van der Waals surface area contributed by atoms with Gasteiger partial charge in [0.25, 0.3) is 10.0 Å². The number of rotatable bonds is 14. The van der Waals surface area contributed by atoms with E-state index in [2.05, 4.69) is 5.32 Å². The molecule has 0 aromatic heterocycles. The zero-order valence-electron chi connectivity index (χ0n) is 25.3. The highest BCUT2D eigenvalue weighted by molar-refractivity contribution is 7.92. The molecule has 0 spiro atoms. The molecule has 0 aliphatic rings. The fraction of sp³-hybridized carbons (Fsp3) is 0.257. The summed E-state index contributed by atoms with van der Waals surface area (Å²) in [5.74, 6) is -0.536. The maximum absolute atomic E-state index is 14.5. The number of amides is 2. The molecule has 2 atom stereocenters. The Balaban J connectivity index is 1.81. The van der Waals surface area contributed by atoms with Gasteiger partial charge in [0.1, 0.15) is 18.3 Å². The third-order valence-electron chi connectivity index (χ3n) is 7.43. The molecule has 2 unspecified atom stereocenters. The van der Waals surface area contributed by atoms with Gasteiger partial charge < -0.3 is 15.0 Å². The molecule has 4 rings (SSSR count). The number of para-hydroxylation sites is 2. The van der Waals surface area contributed by atoms with Gasteiger partial charge in [0.05, 0.1) is 17.7 Å². The Morgan fingerprint density at radius 2 is 1.34 bits per heavy atom. The van der Waals surface area contributed by atoms with Crippen LogP contribution in [0.15, 0.2) is 120 Å². The van der Waals surface area contributed by atoms with Gasteiger partial charge in [-0.25, -0.2) is 8.42 Å². The molecule has 0 radical (unpaired) electrons. The molecule has 2 amide bonds. The molecule has 4 aromatic rings. The topological polar surface area (TPSA) is 96.0 Å². The number of methoxy groups -OCH3 is 1. The van der Waals surface area contributed by atoms with Crippen molar-refractivity contribution in [2.75, 3.05) is 18.0 Å². The number of nitrogens with zero attached hydrogens (tertiary/aromatic N) is 2. The van der Waals surface area contributed by atoms with Gasteiger partial charge in [0, 0.05) is 19.0 Å². The van der Waals surface area contributed by atoms with Crippen molar-refractivity contribution in [3.63, 3.8) is 0 Å². The molecular formula is C35H39N3O5S. The summed E-state index contributed by atoms with van der Waals surface area (Å²) in [5, 5.41) is 3.05. The molecule has 0 aliphatic heterocycles. The molecule has 9 heteroatoms. The van der Waals surface area contributed by atoms with Crippen LogP contribution in [0.2, 0.25) is 0 Å². The van der Waals surface area contributed by atoms with Crippen LogP contribution in [0.4, 0.5) is 5.69 Å². The molecule has 0 heterocycles. The van der Waals surface area contributed by atoms with Crippen LogP contribution in [-0.4, -0.2) is 50.9 Å². The molecule has 1 N–H and O–H groups in total. The van der Waals surface area contributed by atoms with Gasteiger partial charge in [-0.3, -0.25) is 13.9 Å². The fourth-order valence-electron chi connectivity index (χ4n) is 4.84. The number of hydrogen-bond donors (Lipinski definition) is 1. The van der Waals surface area contributed by atoms with Crippen LogP contribution in [0.5, 0.6) is 5.75 Å². The third-order valence-corrected chi connectivity index (χ3v) is 9.21. The maximum Gasteiger partial charge on any atom is 0.264 e. The summed E-state index contributed by atoms with van der Waals surface area (Å²) in [6, 6.07) is 32.5. The lowest BCUT2D eigenvalue weighted by molar-refractivity contribution is -0.140. The Kier molecular flexibility index (Phi) is 11.2. The van der Waals surface area contributed by atoms with Gasteiger partial charge in [-0.1, -0.05) is 97.9 Å². The summed E-state index contributed by atoms with van der Waals surface area (Å²) >= 11 is 0. The lowest BCUT2D eigenvalue weighted by atomic mass is 10.0. The van der Waals surface area contributed by atoms with E-state index in [1.54, 1.807) is 42.5 Å². The maximum atomic E-state index is 14.5. The van der Waals surface area contributed by atoms with Crippen molar-refractivity contribution in [2.45, 2.75) is 50.2 Å². The summed E-state index contributed by atoms with van der Waals surface area (Å²) < 4.78 is 34.8. The van der Waals surface area contributed by atoms with Gasteiger partial charge >= 0.3 is 0 Å². The summed E-state index contributed by atoms with van der Waals surface area (Å²) in [6.07, 6.45) is 0.967. The molecule has 4 aromatic carbocycles. The smallest absolute Gasteiger partial charge is 0.264 e. The second-order valence-electron chi connectivity index (χ2n) is 10.5. The van der Waals surface area contributed by atoms with Crippen LogP contribution >= 0.6 is 0 Å². The highest BCUT2D eigenvalue weighted by Gasteiger charge is 2.35. The van der Waals surface area contributed by atoms with E-state index in [1.807, 2.05) is 74.5 Å². The number of sulfonamides is 1. The predicted octanol–water partition coefficient (Wildman–Crippen LogP) is 5.45. The molecule has 0 aliphatic carbocycles. The quantitative estimate of drug-likeness (QED) is 0.204. The van der Waals surface area contributed by atoms with E-state index in [0.29, 0.717) is 12.2 Å². The van der Waals surface area contributed by atoms with Crippen LogP contribution in [0, 0.1) is 0 Å². The van der Waals surface area contributed by atoms with Gasteiger partial charge in [-0.2, -0.15) is 0 Å². The summed E-state index contributed by atoms with van der Waals surface area (Å²) in [6.45, 7) is 3.45. The van der Waals surface area contributed by atoms with E-state index < -0.39 is 28.5 Å². The molecule has 8 nitrogen and oxygen atoms in total. The molecule has 0 saturated heterocycles. The van der Waals surface area contributed by atoms with Crippen molar-refractivity contribution >= 4 is 27.5 Å². The number of nitrogens with one attached hydrogen (secondary N) is 1. The molecule has 0 fully saturated rings. The van der Waals surface area contributed by atoms with Gasteiger partial charge in [0.2, 0.25) is 11.8 Å². The van der Waals surface area contributed by atoms with Gasteiger partial charge in [-0.15, -0.1) is 0 Å². The van der Waals surface area contributed by atoms with E-state index in [1.165, 1.54) is 24.1 Å². The first-order chi connectivity index (χ1) is 21.2. The van der Waals surface area contributed by atoms with E-state index in [0.717, 1.165) is 15.4 Å². The molecule has 44 heavy (non-hydrogen) atoms. The largest absolute Gasteiger partial charge is 0.495 e.